The first-order valence-electron chi connectivity index (χ1n) is 5.37. The Hall–Kier alpha value is 0.130. The molecular formula is C13H12Br2ClNS. The number of hydrogen-bond donors (Lipinski definition) is 1. The van der Waals surface area contributed by atoms with Crippen molar-refractivity contribution in [2.45, 2.75) is 19.9 Å². The molecule has 0 radical (unpaired) electrons. The fourth-order valence-corrected chi connectivity index (χ4v) is 5.04. The van der Waals surface area contributed by atoms with E-state index in [0.717, 1.165) is 23.7 Å². The second-order valence-electron chi connectivity index (χ2n) is 4.22. The molecule has 0 aliphatic carbocycles. The van der Waals surface area contributed by atoms with Crippen LogP contribution in [0.15, 0.2) is 25.8 Å². The first-order valence-corrected chi connectivity index (χ1v) is 8.15. The minimum Gasteiger partial charge on any atom is -0.320 e. The van der Waals surface area contributed by atoms with E-state index in [9.17, 15) is 0 Å². The Balaban J connectivity index is 2.49. The zero-order valence-electron chi connectivity index (χ0n) is 9.93. The van der Waals surface area contributed by atoms with Crippen LogP contribution in [0.3, 0.4) is 0 Å². The van der Waals surface area contributed by atoms with Gasteiger partial charge in [0.1, 0.15) is 0 Å². The van der Waals surface area contributed by atoms with E-state index in [-0.39, 0.29) is 6.04 Å². The van der Waals surface area contributed by atoms with Gasteiger partial charge >= 0.3 is 0 Å². The summed E-state index contributed by atoms with van der Waals surface area (Å²) in [7, 11) is 0. The molecular weight excluding hydrogens is 397 g/mol. The zero-order chi connectivity index (χ0) is 13.4. The average Bonchev–Trinajstić information content (AvgIpc) is 2.62. The Morgan fingerprint density at radius 2 is 1.72 bits per heavy atom. The van der Waals surface area contributed by atoms with E-state index in [2.05, 4.69) is 44.8 Å². The van der Waals surface area contributed by atoms with Crippen LogP contribution < -0.4 is 5.73 Å². The van der Waals surface area contributed by atoms with E-state index in [1.807, 2.05) is 19.1 Å². The van der Waals surface area contributed by atoms with E-state index in [0.29, 0.717) is 0 Å². The molecule has 1 atom stereocenters. The second kappa shape index (κ2) is 5.63. The van der Waals surface area contributed by atoms with Gasteiger partial charge in [-0.1, -0.05) is 17.7 Å². The molecule has 18 heavy (non-hydrogen) atoms. The first kappa shape index (κ1) is 14.5. The van der Waals surface area contributed by atoms with Crippen LogP contribution in [0.5, 0.6) is 0 Å². The second-order valence-corrected chi connectivity index (χ2v) is 8.37. The predicted octanol–water partition coefficient (Wildman–Crippen LogP) is 5.59. The molecule has 2 rings (SSSR count). The number of thiophene rings is 1. The number of hydrogen-bond acceptors (Lipinski definition) is 2. The van der Waals surface area contributed by atoms with Gasteiger partial charge < -0.3 is 5.73 Å². The van der Waals surface area contributed by atoms with Gasteiger partial charge in [0.2, 0.25) is 0 Å². The standard InChI is InChI=1S/C13H12Br2ClNS/c1-6-3-8(10(16)4-7(6)2)12(17)9-5-11(14)18-13(9)15/h3-5,12H,17H2,1-2H3. The number of benzene rings is 1. The summed E-state index contributed by atoms with van der Waals surface area (Å²) < 4.78 is 2.09. The lowest BCUT2D eigenvalue weighted by atomic mass is 9.98. The molecule has 5 heteroatoms. The number of aryl methyl sites for hydroxylation is 2. The Labute approximate surface area is 133 Å². The summed E-state index contributed by atoms with van der Waals surface area (Å²) in [6, 6.07) is 5.86. The van der Waals surface area contributed by atoms with Gasteiger partial charge in [-0.25, -0.2) is 0 Å². The summed E-state index contributed by atoms with van der Waals surface area (Å²) in [5.74, 6) is 0. The molecule has 0 saturated heterocycles. The number of nitrogens with two attached hydrogens (primary N) is 1. The molecule has 2 aromatic rings. The van der Waals surface area contributed by atoms with Crippen LogP contribution in [-0.4, -0.2) is 0 Å². The Kier molecular flexibility index (Phi) is 4.55. The Morgan fingerprint density at radius 1 is 1.11 bits per heavy atom. The normalized spacial score (nSPS) is 12.8. The van der Waals surface area contributed by atoms with E-state index >= 15 is 0 Å². The van der Waals surface area contributed by atoms with E-state index < -0.39 is 0 Å². The van der Waals surface area contributed by atoms with Crippen molar-refractivity contribution < 1.29 is 0 Å². The summed E-state index contributed by atoms with van der Waals surface area (Å²) in [5.41, 5.74) is 10.7. The fraction of sp³-hybridized carbons (Fsp3) is 0.231. The highest BCUT2D eigenvalue weighted by molar-refractivity contribution is 9.12. The summed E-state index contributed by atoms with van der Waals surface area (Å²) >= 11 is 14.9. The van der Waals surface area contributed by atoms with Gasteiger partial charge in [0.25, 0.3) is 0 Å². The molecule has 1 unspecified atom stereocenters. The van der Waals surface area contributed by atoms with E-state index in [1.165, 1.54) is 11.1 Å². The van der Waals surface area contributed by atoms with Gasteiger partial charge in [-0.3, -0.25) is 0 Å². The molecule has 1 nitrogen and oxygen atoms in total. The van der Waals surface area contributed by atoms with Gasteiger partial charge in [0.15, 0.2) is 0 Å². The molecule has 0 spiro atoms. The molecule has 96 valence electrons. The van der Waals surface area contributed by atoms with Crippen LogP contribution >= 0.6 is 54.8 Å². The lowest BCUT2D eigenvalue weighted by Gasteiger charge is -2.15. The van der Waals surface area contributed by atoms with Crippen molar-refractivity contribution in [3.63, 3.8) is 0 Å². The first-order chi connectivity index (χ1) is 8.40. The summed E-state index contributed by atoms with van der Waals surface area (Å²) in [6.45, 7) is 4.12. The largest absolute Gasteiger partial charge is 0.320 e. The van der Waals surface area contributed by atoms with Gasteiger partial charge in [-0.15, -0.1) is 11.3 Å². The lowest BCUT2D eigenvalue weighted by molar-refractivity contribution is 0.869. The minimum absolute atomic E-state index is 0.214. The third kappa shape index (κ3) is 2.83. The molecule has 0 bridgehead atoms. The summed E-state index contributed by atoms with van der Waals surface area (Å²) in [6.07, 6.45) is 0. The molecule has 1 aromatic carbocycles. The quantitative estimate of drug-likeness (QED) is 0.687. The maximum absolute atomic E-state index is 6.32. The van der Waals surface area contributed by atoms with Crippen molar-refractivity contribution in [2.24, 2.45) is 5.73 Å². The van der Waals surface area contributed by atoms with Crippen LogP contribution in [-0.2, 0) is 0 Å². The van der Waals surface area contributed by atoms with Gasteiger partial charge in [-0.05, 0) is 80.1 Å². The average molecular weight is 410 g/mol. The fourth-order valence-electron chi connectivity index (χ4n) is 1.77. The molecule has 1 heterocycles. The third-order valence-corrected chi connectivity index (χ3v) is 5.68. The predicted molar refractivity (Wildman–Crippen MR) is 86.7 cm³/mol. The molecule has 0 aliphatic rings. The van der Waals surface area contributed by atoms with Crippen molar-refractivity contribution >= 4 is 54.8 Å². The maximum Gasteiger partial charge on any atom is 0.0761 e. The number of halogens is 3. The molecule has 2 N–H and O–H groups in total. The molecule has 0 aliphatic heterocycles. The van der Waals surface area contributed by atoms with Crippen LogP contribution in [0, 0.1) is 13.8 Å². The molecule has 0 amide bonds. The SMILES string of the molecule is Cc1cc(Cl)c(C(N)c2cc(Br)sc2Br)cc1C. The van der Waals surface area contributed by atoms with Crippen molar-refractivity contribution in [3.8, 4) is 0 Å². The maximum atomic E-state index is 6.32. The highest BCUT2D eigenvalue weighted by Gasteiger charge is 2.18. The van der Waals surface area contributed by atoms with Crippen molar-refractivity contribution in [3.05, 3.63) is 53.0 Å². The summed E-state index contributed by atoms with van der Waals surface area (Å²) in [4.78, 5) is 0. The van der Waals surface area contributed by atoms with Gasteiger partial charge in [-0.2, -0.15) is 0 Å². The van der Waals surface area contributed by atoms with Crippen LogP contribution in [0.2, 0.25) is 5.02 Å². The third-order valence-electron chi connectivity index (χ3n) is 2.97. The Morgan fingerprint density at radius 3 is 2.28 bits per heavy atom. The zero-order valence-corrected chi connectivity index (χ0v) is 14.7. The van der Waals surface area contributed by atoms with Crippen molar-refractivity contribution in [2.75, 3.05) is 0 Å². The van der Waals surface area contributed by atoms with Crippen LogP contribution in [0.4, 0.5) is 0 Å². The summed E-state index contributed by atoms with van der Waals surface area (Å²) in [5, 5.41) is 0.722. The lowest BCUT2D eigenvalue weighted by Crippen LogP contribution is -2.12. The number of rotatable bonds is 2. The highest BCUT2D eigenvalue weighted by Crippen LogP contribution is 2.38. The van der Waals surface area contributed by atoms with Crippen molar-refractivity contribution in [1.82, 2.24) is 0 Å². The highest BCUT2D eigenvalue weighted by atomic mass is 79.9. The molecule has 0 saturated carbocycles. The minimum atomic E-state index is -0.214. The van der Waals surface area contributed by atoms with Crippen molar-refractivity contribution in [1.29, 1.82) is 0 Å². The monoisotopic (exact) mass is 407 g/mol. The molecule has 1 aromatic heterocycles. The topological polar surface area (TPSA) is 26.0 Å². The Bertz CT molecular complexity index is 595. The van der Waals surface area contributed by atoms with Gasteiger partial charge in [0.05, 0.1) is 13.6 Å². The van der Waals surface area contributed by atoms with Gasteiger partial charge in [0, 0.05) is 5.02 Å². The van der Waals surface area contributed by atoms with Crippen LogP contribution in [0.1, 0.15) is 28.3 Å². The smallest absolute Gasteiger partial charge is 0.0761 e. The van der Waals surface area contributed by atoms with E-state index in [1.54, 1.807) is 11.3 Å². The van der Waals surface area contributed by atoms with E-state index in [4.69, 9.17) is 17.3 Å². The molecule has 0 fully saturated rings. The van der Waals surface area contributed by atoms with Crippen LogP contribution in [0.25, 0.3) is 0 Å².